The van der Waals surface area contributed by atoms with Crippen LogP contribution in [0, 0.1) is 0 Å². The topological polar surface area (TPSA) is 72.8 Å². The largest absolute Gasteiger partial charge is 0.380 e. The highest BCUT2D eigenvalue weighted by atomic mass is 31.2. The van der Waals surface area contributed by atoms with E-state index in [-0.39, 0.29) is 25.4 Å². The predicted molar refractivity (Wildman–Crippen MR) is 56.8 cm³/mol. The molecule has 0 amide bonds. The smallest absolute Gasteiger partial charge is 0.359 e. The lowest BCUT2D eigenvalue weighted by Crippen LogP contribution is -2.16. The third kappa shape index (κ3) is 4.89. The molecule has 0 bridgehead atoms. The van der Waals surface area contributed by atoms with Crippen LogP contribution in [0.4, 0.5) is 0 Å². The summed E-state index contributed by atoms with van der Waals surface area (Å²) in [6.07, 6.45) is 0.114. The zero-order valence-electron chi connectivity index (χ0n) is 9.43. The number of aliphatic hydroxyl groups is 1. The number of hydrogen-bond donors (Lipinski definition) is 1. The van der Waals surface area contributed by atoms with Crippen molar-refractivity contribution in [2.24, 2.45) is 0 Å². The van der Waals surface area contributed by atoms with Crippen LogP contribution >= 0.6 is 7.60 Å². The van der Waals surface area contributed by atoms with Gasteiger partial charge >= 0.3 is 7.60 Å². The van der Waals surface area contributed by atoms with E-state index in [0.29, 0.717) is 6.42 Å². The highest BCUT2D eigenvalue weighted by Gasteiger charge is 2.34. The monoisotopic (exact) mass is 238 g/mol. The summed E-state index contributed by atoms with van der Waals surface area (Å²) in [5.74, 6) is -1.52. The van der Waals surface area contributed by atoms with Gasteiger partial charge in [-0.1, -0.05) is 6.92 Å². The molecule has 0 unspecified atom stereocenters. The highest BCUT2D eigenvalue weighted by molar-refractivity contribution is 7.54. The Bertz CT molecular complexity index is 231. The molecule has 0 saturated heterocycles. The second-order valence-electron chi connectivity index (χ2n) is 2.95. The van der Waals surface area contributed by atoms with E-state index < -0.39 is 13.4 Å². The Morgan fingerprint density at radius 1 is 1.27 bits per heavy atom. The Morgan fingerprint density at radius 2 is 1.73 bits per heavy atom. The molecule has 0 aliphatic heterocycles. The molecule has 1 atom stereocenters. The van der Waals surface area contributed by atoms with E-state index >= 15 is 0 Å². The molecule has 0 aliphatic rings. The van der Waals surface area contributed by atoms with Gasteiger partial charge in [-0.05, 0) is 13.8 Å². The first kappa shape index (κ1) is 14.8. The van der Waals surface area contributed by atoms with Gasteiger partial charge in [0.1, 0.15) is 5.78 Å². The third-order valence-corrected chi connectivity index (χ3v) is 3.94. The van der Waals surface area contributed by atoms with Crippen LogP contribution in [0.2, 0.25) is 0 Å². The van der Waals surface area contributed by atoms with Crippen molar-refractivity contribution >= 4 is 13.4 Å². The maximum Gasteiger partial charge on any atom is 0.359 e. The fourth-order valence-electron chi connectivity index (χ4n) is 1.03. The van der Waals surface area contributed by atoms with Crippen molar-refractivity contribution in [3.63, 3.8) is 0 Å². The van der Waals surface area contributed by atoms with Crippen LogP contribution in [-0.4, -0.2) is 29.9 Å². The number of aliphatic hydroxyl groups excluding tert-OH is 1. The van der Waals surface area contributed by atoms with Gasteiger partial charge in [0.15, 0.2) is 5.85 Å². The number of carbonyl (C=O) groups excluding carboxylic acids is 1. The number of ketones is 1. The Kier molecular flexibility index (Phi) is 7.02. The van der Waals surface area contributed by atoms with Gasteiger partial charge in [-0.3, -0.25) is 9.36 Å². The number of carbonyl (C=O) groups is 1. The number of rotatable bonds is 8. The van der Waals surface area contributed by atoms with Crippen LogP contribution in [0.1, 0.15) is 33.6 Å². The predicted octanol–water partition coefficient (Wildman–Crippen LogP) is 1.94. The van der Waals surface area contributed by atoms with Crippen LogP contribution in [-0.2, 0) is 18.4 Å². The molecular formula is C9H19O5P. The molecule has 0 radical (unpaired) electrons. The summed E-state index contributed by atoms with van der Waals surface area (Å²) in [5.41, 5.74) is 0. The van der Waals surface area contributed by atoms with Crippen molar-refractivity contribution in [3.8, 4) is 0 Å². The summed E-state index contributed by atoms with van der Waals surface area (Å²) >= 11 is 0. The van der Waals surface area contributed by atoms with E-state index in [1.807, 2.05) is 0 Å². The summed E-state index contributed by atoms with van der Waals surface area (Å²) in [6, 6.07) is 0. The molecule has 0 fully saturated rings. The maximum atomic E-state index is 11.9. The Labute approximate surface area is 90.3 Å². The molecule has 1 N–H and O–H groups in total. The van der Waals surface area contributed by atoms with E-state index in [1.54, 1.807) is 20.8 Å². The maximum absolute atomic E-state index is 11.9. The SMILES string of the molecule is CCOP(=O)(OCC)[C@H](O)CC(=O)CC. The zero-order valence-corrected chi connectivity index (χ0v) is 10.3. The normalized spacial score (nSPS) is 13.9. The minimum absolute atomic E-state index is 0.165. The van der Waals surface area contributed by atoms with Crippen molar-refractivity contribution in [1.82, 2.24) is 0 Å². The summed E-state index contributed by atoms with van der Waals surface area (Å²) in [4.78, 5) is 11.1. The Balaban J connectivity index is 4.47. The van der Waals surface area contributed by atoms with E-state index in [2.05, 4.69) is 0 Å². The first-order valence-electron chi connectivity index (χ1n) is 5.08. The van der Waals surface area contributed by atoms with E-state index in [1.165, 1.54) is 0 Å². The Morgan fingerprint density at radius 3 is 2.07 bits per heavy atom. The lowest BCUT2D eigenvalue weighted by molar-refractivity contribution is -0.120. The standard InChI is InChI=1S/C9H19O5P/c1-4-8(10)7-9(11)15(12,13-5-2)14-6-3/h9,11H,4-7H2,1-3H3/t9-/m0/s1. The fraction of sp³-hybridized carbons (Fsp3) is 0.889. The number of hydrogen-bond acceptors (Lipinski definition) is 5. The van der Waals surface area contributed by atoms with Crippen LogP contribution in [0.15, 0.2) is 0 Å². The van der Waals surface area contributed by atoms with Crippen LogP contribution < -0.4 is 0 Å². The average molecular weight is 238 g/mol. The van der Waals surface area contributed by atoms with Crippen molar-refractivity contribution in [2.75, 3.05) is 13.2 Å². The fourth-order valence-corrected chi connectivity index (χ4v) is 2.59. The Hall–Kier alpha value is -0.220. The molecule has 5 nitrogen and oxygen atoms in total. The highest BCUT2D eigenvalue weighted by Crippen LogP contribution is 2.53. The van der Waals surface area contributed by atoms with Crippen LogP contribution in [0.3, 0.4) is 0 Å². The molecule has 0 saturated carbocycles. The van der Waals surface area contributed by atoms with E-state index in [9.17, 15) is 14.5 Å². The zero-order chi connectivity index (χ0) is 11.9. The lowest BCUT2D eigenvalue weighted by atomic mass is 10.2. The summed E-state index contributed by atoms with van der Waals surface area (Å²) in [5, 5.41) is 9.60. The summed E-state index contributed by atoms with van der Waals surface area (Å²) in [7, 11) is -3.54. The van der Waals surface area contributed by atoms with Crippen LogP contribution in [0.25, 0.3) is 0 Å². The minimum Gasteiger partial charge on any atom is -0.380 e. The van der Waals surface area contributed by atoms with Crippen molar-refractivity contribution in [1.29, 1.82) is 0 Å². The van der Waals surface area contributed by atoms with Crippen molar-refractivity contribution in [2.45, 2.75) is 39.5 Å². The molecule has 0 aromatic heterocycles. The summed E-state index contributed by atoms with van der Waals surface area (Å²) < 4.78 is 21.7. The molecule has 15 heavy (non-hydrogen) atoms. The van der Waals surface area contributed by atoms with Gasteiger partial charge in [0.05, 0.1) is 13.2 Å². The van der Waals surface area contributed by atoms with Gasteiger partial charge in [0.25, 0.3) is 0 Å². The van der Waals surface area contributed by atoms with E-state index in [0.717, 1.165) is 0 Å². The van der Waals surface area contributed by atoms with E-state index in [4.69, 9.17) is 9.05 Å². The second-order valence-corrected chi connectivity index (χ2v) is 5.14. The molecule has 0 rings (SSSR count). The molecule has 90 valence electrons. The van der Waals surface area contributed by atoms with Crippen LogP contribution in [0.5, 0.6) is 0 Å². The first-order valence-corrected chi connectivity index (χ1v) is 6.69. The van der Waals surface area contributed by atoms with Gasteiger partial charge in [0.2, 0.25) is 0 Å². The molecule has 0 heterocycles. The third-order valence-electron chi connectivity index (χ3n) is 1.79. The average Bonchev–Trinajstić information content (AvgIpc) is 2.18. The minimum atomic E-state index is -3.54. The van der Waals surface area contributed by atoms with Gasteiger partial charge in [0, 0.05) is 12.8 Å². The molecule has 0 aromatic rings. The lowest BCUT2D eigenvalue weighted by Gasteiger charge is -2.21. The van der Waals surface area contributed by atoms with Gasteiger partial charge in [-0.2, -0.15) is 0 Å². The molecule has 0 aliphatic carbocycles. The van der Waals surface area contributed by atoms with Crippen molar-refractivity contribution < 1.29 is 23.5 Å². The second kappa shape index (κ2) is 7.12. The number of Topliss-reactive ketones (excluding diaryl/α,β-unsaturated/α-hetero) is 1. The quantitative estimate of drug-likeness (QED) is 0.654. The first-order chi connectivity index (χ1) is 7.00. The van der Waals surface area contributed by atoms with Crippen molar-refractivity contribution in [3.05, 3.63) is 0 Å². The van der Waals surface area contributed by atoms with Gasteiger partial charge < -0.3 is 14.2 Å². The summed E-state index contributed by atoms with van der Waals surface area (Å²) in [6.45, 7) is 5.34. The molecule has 0 aromatic carbocycles. The van der Waals surface area contributed by atoms with Gasteiger partial charge in [-0.25, -0.2) is 0 Å². The molecule has 0 spiro atoms. The van der Waals surface area contributed by atoms with Gasteiger partial charge in [-0.15, -0.1) is 0 Å². The molecule has 6 heteroatoms. The molecular weight excluding hydrogens is 219 g/mol.